The van der Waals surface area contributed by atoms with Gasteiger partial charge in [-0.15, -0.1) is 0 Å². The fourth-order valence-electron chi connectivity index (χ4n) is 1.95. The van der Waals surface area contributed by atoms with Crippen molar-refractivity contribution in [1.29, 1.82) is 0 Å². The first-order chi connectivity index (χ1) is 7.77. The van der Waals surface area contributed by atoms with E-state index in [2.05, 4.69) is 40.4 Å². The largest absolute Gasteiger partial charge is 0.412 e. The van der Waals surface area contributed by atoms with E-state index in [-0.39, 0.29) is 27.4 Å². The molecule has 0 unspecified atom stereocenters. The first kappa shape index (κ1) is 27.8. The number of nitrogens with one attached hydrogen (secondary N) is 2. The molecule has 0 bridgehead atoms. The highest BCUT2D eigenvalue weighted by Gasteiger charge is 2.15. The van der Waals surface area contributed by atoms with Gasteiger partial charge in [0.2, 0.25) is 0 Å². The van der Waals surface area contributed by atoms with Gasteiger partial charge in [-0.1, -0.05) is 0 Å². The Hall–Kier alpha value is -1.49. The summed E-state index contributed by atoms with van der Waals surface area (Å²) in [5.74, 6) is 1.08. The topological polar surface area (TPSA) is 198 Å². The van der Waals surface area contributed by atoms with E-state index in [1.54, 1.807) is 0 Å². The smallest absolute Gasteiger partial charge is 0.152 e. The number of hydrogen-bond donors (Lipinski definition) is 2. The molecule has 2 heterocycles. The van der Waals surface area contributed by atoms with Gasteiger partial charge in [-0.3, -0.25) is 0 Å². The van der Waals surface area contributed by atoms with Crippen molar-refractivity contribution in [1.82, 2.24) is 10.3 Å². The van der Waals surface area contributed by atoms with Gasteiger partial charge in [0.25, 0.3) is 0 Å². The van der Waals surface area contributed by atoms with E-state index in [0.717, 1.165) is 37.7 Å². The Bertz CT molecular complexity index is 348. The molecule has 128 valence electrons. The molecule has 1 aromatic rings. The number of aromatic nitrogens is 1. The average Bonchev–Trinajstić information content (AvgIpc) is 2.30. The van der Waals surface area contributed by atoms with Crippen molar-refractivity contribution < 1.29 is 27.4 Å². The molecule has 0 amide bonds. The third-order valence-electron chi connectivity index (χ3n) is 2.65. The van der Waals surface area contributed by atoms with Crippen LogP contribution in [0, 0.1) is 0 Å². The molecular formula is C12H30N4O5. The Balaban J connectivity index is -0.000000289. The molecule has 1 aliphatic heterocycles. The summed E-state index contributed by atoms with van der Waals surface area (Å²) in [5.41, 5.74) is 1.14. The summed E-state index contributed by atoms with van der Waals surface area (Å²) < 4.78 is 0. The minimum atomic E-state index is 0. The second-order valence-corrected chi connectivity index (χ2v) is 4.41. The summed E-state index contributed by atoms with van der Waals surface area (Å²) in [6.07, 6.45) is 1.86. The van der Waals surface area contributed by atoms with E-state index < -0.39 is 0 Å². The molecule has 0 aliphatic carbocycles. The van der Waals surface area contributed by atoms with Crippen molar-refractivity contribution in [2.24, 2.45) is 0 Å². The summed E-state index contributed by atoms with van der Waals surface area (Å²) in [6.45, 7) is 8.44. The van der Waals surface area contributed by atoms with Crippen LogP contribution < -0.4 is 15.5 Å². The molecule has 12 N–H and O–H groups in total. The van der Waals surface area contributed by atoms with Gasteiger partial charge in [-0.25, -0.2) is 4.98 Å². The second-order valence-electron chi connectivity index (χ2n) is 4.41. The zero-order valence-electron chi connectivity index (χ0n) is 12.5. The fourth-order valence-corrected chi connectivity index (χ4v) is 1.95. The average molecular weight is 310 g/mol. The van der Waals surface area contributed by atoms with Crippen molar-refractivity contribution in [2.75, 3.05) is 36.4 Å². The molecule has 1 fully saturated rings. The summed E-state index contributed by atoms with van der Waals surface area (Å²) >= 11 is 0. The molecule has 0 saturated carbocycles. The molecule has 9 heteroatoms. The monoisotopic (exact) mass is 310 g/mol. The highest BCUT2D eigenvalue weighted by atomic mass is 16.0. The number of hydrogen-bond acceptors (Lipinski definition) is 4. The molecule has 2 rings (SSSR count). The highest BCUT2D eigenvalue weighted by molar-refractivity contribution is 5.65. The van der Waals surface area contributed by atoms with E-state index in [1.807, 2.05) is 12.3 Å². The van der Waals surface area contributed by atoms with Crippen LogP contribution >= 0.6 is 0 Å². The first-order valence-corrected chi connectivity index (χ1v) is 5.94. The van der Waals surface area contributed by atoms with Gasteiger partial charge in [0.1, 0.15) is 0 Å². The van der Waals surface area contributed by atoms with Crippen LogP contribution in [0.2, 0.25) is 0 Å². The molecule has 0 spiro atoms. The van der Waals surface area contributed by atoms with Crippen molar-refractivity contribution in [2.45, 2.75) is 19.9 Å². The van der Waals surface area contributed by atoms with E-state index in [1.165, 1.54) is 0 Å². The van der Waals surface area contributed by atoms with Gasteiger partial charge < -0.3 is 42.9 Å². The lowest BCUT2D eigenvalue weighted by molar-refractivity contribution is 0.585. The zero-order valence-corrected chi connectivity index (χ0v) is 12.5. The van der Waals surface area contributed by atoms with Gasteiger partial charge in [-0.2, -0.15) is 0 Å². The van der Waals surface area contributed by atoms with Crippen LogP contribution in [0.3, 0.4) is 0 Å². The van der Waals surface area contributed by atoms with Crippen molar-refractivity contribution >= 4 is 11.5 Å². The van der Waals surface area contributed by atoms with Crippen LogP contribution in [0.15, 0.2) is 18.3 Å². The fraction of sp³-hybridized carbons (Fsp3) is 0.583. The molecule has 1 aromatic heterocycles. The van der Waals surface area contributed by atoms with Gasteiger partial charge >= 0.3 is 0 Å². The summed E-state index contributed by atoms with van der Waals surface area (Å²) in [7, 11) is 0. The Morgan fingerprint density at radius 1 is 1.10 bits per heavy atom. The molecule has 1 aliphatic rings. The van der Waals surface area contributed by atoms with Crippen molar-refractivity contribution in [3.63, 3.8) is 0 Å². The lowest BCUT2D eigenvalue weighted by Crippen LogP contribution is -2.44. The predicted molar refractivity (Wildman–Crippen MR) is 86.1 cm³/mol. The van der Waals surface area contributed by atoms with Crippen LogP contribution in [0.5, 0.6) is 0 Å². The minimum Gasteiger partial charge on any atom is -0.412 e. The summed E-state index contributed by atoms with van der Waals surface area (Å²) in [6, 6.07) is 4.52. The number of pyridine rings is 1. The highest BCUT2D eigenvalue weighted by Crippen LogP contribution is 2.23. The quantitative estimate of drug-likeness (QED) is 0.607. The maximum absolute atomic E-state index is 4.49. The van der Waals surface area contributed by atoms with Gasteiger partial charge in [-0.05, 0) is 26.0 Å². The van der Waals surface area contributed by atoms with Crippen LogP contribution in [-0.4, -0.2) is 64.6 Å². The third-order valence-corrected chi connectivity index (χ3v) is 2.65. The molecule has 1 saturated heterocycles. The normalized spacial score (nSPS) is 12.6. The molecular weight excluding hydrogens is 280 g/mol. The molecule has 0 radical (unpaired) electrons. The Morgan fingerprint density at radius 3 is 2.19 bits per heavy atom. The van der Waals surface area contributed by atoms with E-state index in [9.17, 15) is 0 Å². The van der Waals surface area contributed by atoms with E-state index in [4.69, 9.17) is 0 Å². The number of rotatable bonds is 3. The van der Waals surface area contributed by atoms with E-state index >= 15 is 0 Å². The maximum atomic E-state index is 4.49. The Morgan fingerprint density at radius 2 is 1.67 bits per heavy atom. The standard InChI is InChI=1S/C12H20N4.5H2O/c1-10(2)15-11-4-3-5-14-12(11)16-8-6-13-7-9-16;;;;;/h3-5,10,13,15H,6-9H2,1-2H3;5*1H2. The van der Waals surface area contributed by atoms with Gasteiger partial charge in [0.05, 0.1) is 5.69 Å². The van der Waals surface area contributed by atoms with Crippen molar-refractivity contribution in [3.05, 3.63) is 18.3 Å². The van der Waals surface area contributed by atoms with Gasteiger partial charge in [0, 0.05) is 38.4 Å². The second kappa shape index (κ2) is 13.5. The SMILES string of the molecule is CC(C)Nc1cccnc1N1CCNCC1.O.O.O.O.O. The molecule has 0 atom stereocenters. The zero-order chi connectivity index (χ0) is 11.4. The number of anilines is 2. The summed E-state index contributed by atoms with van der Waals surface area (Å²) in [5, 5.41) is 6.80. The Kier molecular flexibility index (Phi) is 17.9. The van der Waals surface area contributed by atoms with Crippen LogP contribution in [0.4, 0.5) is 11.5 Å². The molecule has 0 aromatic carbocycles. The molecule has 21 heavy (non-hydrogen) atoms. The van der Waals surface area contributed by atoms with Gasteiger partial charge in [0.15, 0.2) is 5.82 Å². The summed E-state index contributed by atoms with van der Waals surface area (Å²) in [4.78, 5) is 6.83. The van der Waals surface area contributed by atoms with E-state index in [0.29, 0.717) is 6.04 Å². The Labute approximate surface area is 124 Å². The van der Waals surface area contributed by atoms with Crippen molar-refractivity contribution in [3.8, 4) is 0 Å². The first-order valence-electron chi connectivity index (χ1n) is 5.94. The maximum Gasteiger partial charge on any atom is 0.152 e. The predicted octanol–water partition coefficient (Wildman–Crippen LogP) is -2.81. The van der Waals surface area contributed by atoms with Crippen LogP contribution in [0.1, 0.15) is 13.8 Å². The number of nitrogens with zero attached hydrogens (tertiary/aromatic N) is 2. The lowest BCUT2D eigenvalue weighted by Gasteiger charge is -2.30. The third kappa shape index (κ3) is 7.75. The number of piperazine rings is 1. The minimum absolute atomic E-state index is 0. The van der Waals surface area contributed by atoms with Crippen LogP contribution in [-0.2, 0) is 0 Å². The van der Waals surface area contributed by atoms with Crippen LogP contribution in [0.25, 0.3) is 0 Å². The molecule has 9 nitrogen and oxygen atoms in total. The lowest BCUT2D eigenvalue weighted by atomic mass is 10.3.